The van der Waals surface area contributed by atoms with E-state index >= 15 is 0 Å². The number of pyridine rings is 1. The summed E-state index contributed by atoms with van der Waals surface area (Å²) in [7, 11) is -0.923. The first-order valence-electron chi connectivity index (χ1n) is 9.07. The lowest BCUT2D eigenvalue weighted by Gasteiger charge is -2.13. The van der Waals surface area contributed by atoms with Crippen molar-refractivity contribution in [1.82, 2.24) is 4.98 Å². The van der Waals surface area contributed by atoms with E-state index in [1.807, 2.05) is 0 Å². The van der Waals surface area contributed by atoms with Crippen LogP contribution in [0.3, 0.4) is 0 Å². The summed E-state index contributed by atoms with van der Waals surface area (Å²) in [6.07, 6.45) is 1.55. The number of halogens is 2. The van der Waals surface area contributed by atoms with E-state index in [4.69, 9.17) is 25.8 Å². The molecule has 0 atom stereocenters. The molecule has 0 unspecified atom stereocenters. The second kappa shape index (κ2) is 8.81. The third-order valence-electron chi connectivity index (χ3n) is 4.43. The Labute approximate surface area is 192 Å². The van der Waals surface area contributed by atoms with Crippen molar-refractivity contribution in [2.24, 2.45) is 0 Å². The molecule has 0 saturated carbocycles. The topological polar surface area (TPSA) is 86.8 Å². The molecular weight excluding hydrogens is 479 g/mol. The number of nitrogens with zero attached hydrogens (tertiary/aromatic N) is 1. The zero-order valence-electron chi connectivity index (χ0n) is 16.8. The summed E-state index contributed by atoms with van der Waals surface area (Å²) >= 11 is 6.67. The molecule has 11 heteroatoms. The van der Waals surface area contributed by atoms with E-state index in [0.717, 1.165) is 17.4 Å². The van der Waals surface area contributed by atoms with Gasteiger partial charge in [-0.2, -0.15) is 0 Å². The van der Waals surface area contributed by atoms with Gasteiger partial charge in [0.15, 0.2) is 17.3 Å². The molecule has 0 fully saturated rings. The summed E-state index contributed by atoms with van der Waals surface area (Å²) in [5.74, 6) is 0.789. The van der Waals surface area contributed by atoms with Gasteiger partial charge in [0.1, 0.15) is 15.7 Å². The van der Waals surface area contributed by atoms with E-state index in [0.29, 0.717) is 32.5 Å². The third kappa shape index (κ3) is 4.43. The molecular formula is C21H16ClFN2O5S2. The van der Waals surface area contributed by atoms with Crippen LogP contribution >= 0.6 is 22.9 Å². The van der Waals surface area contributed by atoms with Crippen LogP contribution in [0.2, 0.25) is 4.34 Å². The van der Waals surface area contributed by atoms with E-state index < -0.39 is 15.8 Å². The lowest BCUT2D eigenvalue weighted by atomic mass is 10.2. The fraction of sp³-hybridized carbons (Fsp3) is 0.0952. The fourth-order valence-electron chi connectivity index (χ4n) is 2.94. The summed E-state index contributed by atoms with van der Waals surface area (Å²) in [6, 6.07) is 11.7. The summed E-state index contributed by atoms with van der Waals surface area (Å²) in [5, 5.41) is 0.630. The monoisotopic (exact) mass is 494 g/mol. The number of methoxy groups -OCH3 is 2. The molecule has 0 aliphatic carbocycles. The SMILES string of the molecule is COc1cc2nccc(Oc3ccc(NS(=O)(=O)c4ccc(Cl)s4)c(F)c3)c2cc1OC. The Morgan fingerprint density at radius 3 is 2.41 bits per heavy atom. The summed E-state index contributed by atoms with van der Waals surface area (Å²) in [5.41, 5.74) is 0.382. The first kappa shape index (κ1) is 22.1. The van der Waals surface area contributed by atoms with E-state index in [1.54, 1.807) is 24.4 Å². The van der Waals surface area contributed by atoms with Crippen molar-refractivity contribution in [2.75, 3.05) is 18.9 Å². The Morgan fingerprint density at radius 2 is 1.75 bits per heavy atom. The number of aromatic nitrogens is 1. The number of hydrogen-bond acceptors (Lipinski definition) is 7. The summed E-state index contributed by atoms with van der Waals surface area (Å²) in [4.78, 5) is 4.30. The van der Waals surface area contributed by atoms with Crippen molar-refractivity contribution in [3.05, 3.63) is 64.9 Å². The molecule has 1 N–H and O–H groups in total. The Bertz CT molecular complexity index is 1410. The molecule has 0 saturated heterocycles. The van der Waals surface area contributed by atoms with Crippen LogP contribution in [-0.4, -0.2) is 27.6 Å². The predicted molar refractivity (Wildman–Crippen MR) is 121 cm³/mol. The van der Waals surface area contributed by atoms with Crippen LogP contribution in [0.15, 0.2) is 58.9 Å². The number of hydrogen-bond donors (Lipinski definition) is 1. The molecule has 0 aliphatic rings. The predicted octanol–water partition coefficient (Wildman–Crippen LogP) is 5.70. The van der Waals surface area contributed by atoms with Gasteiger partial charge < -0.3 is 14.2 Å². The standard InChI is InChI=1S/C21H16ClFN2O5S2/c1-28-18-10-13-16(11-19(18)29-2)24-8-7-17(13)30-12-3-4-15(14(23)9-12)25-32(26,27)21-6-5-20(22)31-21/h3-11,25H,1-2H3. The number of benzene rings is 2. The van der Waals surface area contributed by atoms with Gasteiger partial charge in [-0.25, -0.2) is 12.8 Å². The zero-order chi connectivity index (χ0) is 22.9. The highest BCUT2D eigenvalue weighted by atomic mass is 35.5. The van der Waals surface area contributed by atoms with Gasteiger partial charge >= 0.3 is 0 Å². The van der Waals surface area contributed by atoms with E-state index in [2.05, 4.69) is 9.71 Å². The summed E-state index contributed by atoms with van der Waals surface area (Å²) in [6.45, 7) is 0. The van der Waals surface area contributed by atoms with E-state index in [-0.39, 0.29) is 15.6 Å². The number of anilines is 1. The molecule has 32 heavy (non-hydrogen) atoms. The van der Waals surface area contributed by atoms with Crippen molar-refractivity contribution in [1.29, 1.82) is 0 Å². The van der Waals surface area contributed by atoms with Gasteiger partial charge in [-0.15, -0.1) is 11.3 Å². The Kier molecular flexibility index (Phi) is 6.09. The number of thiophene rings is 1. The van der Waals surface area contributed by atoms with Crippen LogP contribution in [0.4, 0.5) is 10.1 Å². The van der Waals surface area contributed by atoms with Crippen molar-refractivity contribution >= 4 is 49.6 Å². The molecule has 0 bridgehead atoms. The molecule has 0 aliphatic heterocycles. The van der Waals surface area contributed by atoms with Crippen molar-refractivity contribution in [3.63, 3.8) is 0 Å². The van der Waals surface area contributed by atoms with Crippen molar-refractivity contribution in [2.45, 2.75) is 4.21 Å². The molecule has 0 radical (unpaired) electrons. The third-order valence-corrected chi connectivity index (χ3v) is 7.52. The lowest BCUT2D eigenvalue weighted by molar-refractivity contribution is 0.355. The molecule has 2 heterocycles. The Morgan fingerprint density at radius 1 is 1.00 bits per heavy atom. The molecule has 4 rings (SSSR count). The Balaban J connectivity index is 1.62. The highest BCUT2D eigenvalue weighted by Gasteiger charge is 2.19. The molecule has 7 nitrogen and oxygen atoms in total. The smallest absolute Gasteiger partial charge is 0.271 e. The maximum absolute atomic E-state index is 14.7. The fourth-order valence-corrected chi connectivity index (χ4v) is 5.49. The van der Waals surface area contributed by atoms with Gasteiger partial charge in [0, 0.05) is 23.7 Å². The maximum atomic E-state index is 14.7. The minimum atomic E-state index is -3.96. The number of sulfonamides is 1. The average Bonchev–Trinajstić information content (AvgIpc) is 3.22. The van der Waals surface area contributed by atoms with Crippen LogP contribution in [0.1, 0.15) is 0 Å². The normalized spacial score (nSPS) is 11.4. The molecule has 4 aromatic rings. The largest absolute Gasteiger partial charge is 0.493 e. The first-order chi connectivity index (χ1) is 15.3. The minimum absolute atomic E-state index is 0.0187. The lowest BCUT2D eigenvalue weighted by Crippen LogP contribution is -2.12. The Hall–Kier alpha value is -3.08. The highest BCUT2D eigenvalue weighted by molar-refractivity contribution is 7.94. The molecule has 2 aromatic carbocycles. The molecule has 0 spiro atoms. The number of ether oxygens (including phenoxy) is 3. The van der Waals surface area contributed by atoms with Gasteiger partial charge in [0.25, 0.3) is 10.0 Å². The average molecular weight is 495 g/mol. The quantitative estimate of drug-likeness (QED) is 0.354. The number of rotatable bonds is 7. The van der Waals surface area contributed by atoms with Crippen LogP contribution in [0.25, 0.3) is 10.9 Å². The van der Waals surface area contributed by atoms with E-state index in [9.17, 15) is 12.8 Å². The zero-order valence-corrected chi connectivity index (χ0v) is 19.1. The second-order valence-corrected chi connectivity index (χ2v) is 10.1. The van der Waals surface area contributed by atoms with Crippen molar-refractivity contribution in [3.8, 4) is 23.0 Å². The highest BCUT2D eigenvalue weighted by Crippen LogP contribution is 2.37. The van der Waals surface area contributed by atoms with Crippen LogP contribution in [-0.2, 0) is 10.0 Å². The first-order valence-corrected chi connectivity index (χ1v) is 11.7. The second-order valence-electron chi connectivity index (χ2n) is 6.44. The van der Waals surface area contributed by atoms with Gasteiger partial charge in [-0.3, -0.25) is 9.71 Å². The van der Waals surface area contributed by atoms with Gasteiger partial charge in [-0.05, 0) is 36.4 Å². The molecule has 0 amide bonds. The van der Waals surface area contributed by atoms with Gasteiger partial charge in [0.2, 0.25) is 0 Å². The molecule has 166 valence electrons. The number of fused-ring (bicyclic) bond motifs is 1. The van der Waals surface area contributed by atoms with Gasteiger partial charge in [0.05, 0.1) is 29.8 Å². The van der Waals surface area contributed by atoms with Crippen LogP contribution in [0.5, 0.6) is 23.0 Å². The van der Waals surface area contributed by atoms with Crippen LogP contribution < -0.4 is 18.9 Å². The number of nitrogens with one attached hydrogen (secondary N) is 1. The molecule has 2 aromatic heterocycles. The summed E-state index contributed by atoms with van der Waals surface area (Å²) < 4.78 is 58.5. The van der Waals surface area contributed by atoms with Crippen LogP contribution in [0, 0.1) is 5.82 Å². The minimum Gasteiger partial charge on any atom is -0.493 e. The van der Waals surface area contributed by atoms with Gasteiger partial charge in [-0.1, -0.05) is 11.6 Å². The maximum Gasteiger partial charge on any atom is 0.271 e. The van der Waals surface area contributed by atoms with E-state index in [1.165, 1.54) is 38.5 Å². The van der Waals surface area contributed by atoms with Crippen molar-refractivity contribution < 1.29 is 27.0 Å².